The van der Waals surface area contributed by atoms with Crippen LogP contribution in [-0.2, 0) is 19.0 Å². The minimum Gasteiger partial charge on any atom is -0.356 e. The van der Waals surface area contributed by atoms with Gasteiger partial charge in [0, 0.05) is 33.0 Å². The van der Waals surface area contributed by atoms with Gasteiger partial charge in [0.1, 0.15) is 6.29 Å². The molecular weight excluding hydrogens is 172 g/mol. The van der Waals surface area contributed by atoms with Crippen molar-refractivity contribution >= 4 is 6.29 Å². The van der Waals surface area contributed by atoms with Gasteiger partial charge in [-0.2, -0.15) is 0 Å². The van der Waals surface area contributed by atoms with Gasteiger partial charge in [-0.25, -0.2) is 0 Å². The maximum Gasteiger partial charge on any atom is 0.163 e. The van der Waals surface area contributed by atoms with Crippen molar-refractivity contribution in [2.24, 2.45) is 5.92 Å². The van der Waals surface area contributed by atoms with Crippen molar-refractivity contribution in [2.45, 2.75) is 31.8 Å². The summed E-state index contributed by atoms with van der Waals surface area (Å²) < 4.78 is 15.6. The van der Waals surface area contributed by atoms with Crippen LogP contribution < -0.4 is 0 Å². The van der Waals surface area contributed by atoms with E-state index < -0.39 is 0 Å². The molecule has 0 aromatic rings. The summed E-state index contributed by atoms with van der Waals surface area (Å²) >= 11 is 0. The van der Waals surface area contributed by atoms with Crippen LogP contribution in [0, 0.1) is 5.92 Å². The summed E-state index contributed by atoms with van der Waals surface area (Å²) in [6.45, 7) is 0. The smallest absolute Gasteiger partial charge is 0.163 e. The average molecular weight is 188 g/mol. The SMILES string of the molecule is COC1CC(CCC=O)C(OC)O1. The Hall–Kier alpha value is -0.450. The number of carbonyl (C=O) groups is 1. The predicted molar refractivity (Wildman–Crippen MR) is 46.1 cm³/mol. The van der Waals surface area contributed by atoms with E-state index in [1.807, 2.05) is 0 Å². The molecule has 0 aromatic carbocycles. The highest BCUT2D eigenvalue weighted by Crippen LogP contribution is 2.30. The Morgan fingerprint density at radius 2 is 2.23 bits per heavy atom. The lowest BCUT2D eigenvalue weighted by molar-refractivity contribution is -0.193. The second-order valence-corrected chi connectivity index (χ2v) is 3.15. The van der Waals surface area contributed by atoms with Gasteiger partial charge in [0.25, 0.3) is 0 Å². The molecule has 3 unspecified atom stereocenters. The van der Waals surface area contributed by atoms with Crippen molar-refractivity contribution in [1.82, 2.24) is 0 Å². The molecule has 1 heterocycles. The Balaban J connectivity index is 2.37. The van der Waals surface area contributed by atoms with Gasteiger partial charge in [0.2, 0.25) is 0 Å². The Labute approximate surface area is 78.2 Å². The molecule has 0 spiro atoms. The Morgan fingerprint density at radius 3 is 2.77 bits per heavy atom. The molecular formula is C9H16O4. The van der Waals surface area contributed by atoms with Crippen molar-refractivity contribution in [3.8, 4) is 0 Å². The normalized spacial score (nSPS) is 33.5. The predicted octanol–water partition coefficient (Wildman–Crippen LogP) is 0.947. The molecule has 4 nitrogen and oxygen atoms in total. The third-order valence-corrected chi connectivity index (χ3v) is 2.32. The number of carbonyl (C=O) groups excluding carboxylic acids is 1. The molecule has 4 heteroatoms. The fraction of sp³-hybridized carbons (Fsp3) is 0.889. The van der Waals surface area contributed by atoms with E-state index in [-0.39, 0.29) is 18.5 Å². The maximum atomic E-state index is 10.2. The maximum absolute atomic E-state index is 10.2. The zero-order chi connectivity index (χ0) is 9.68. The van der Waals surface area contributed by atoms with Gasteiger partial charge in [-0.05, 0) is 6.42 Å². The number of aldehydes is 1. The van der Waals surface area contributed by atoms with Gasteiger partial charge in [0.05, 0.1) is 0 Å². The molecule has 0 radical (unpaired) electrons. The molecule has 0 amide bonds. The lowest BCUT2D eigenvalue weighted by atomic mass is 10.0. The lowest BCUT2D eigenvalue weighted by Crippen LogP contribution is -2.18. The standard InChI is InChI=1S/C9H16O4/c1-11-8-6-7(4-3-5-10)9(12-2)13-8/h5,7-9H,3-4,6H2,1-2H3. The first-order valence-corrected chi connectivity index (χ1v) is 4.46. The van der Waals surface area contributed by atoms with Crippen LogP contribution in [0.4, 0.5) is 0 Å². The highest BCUT2D eigenvalue weighted by molar-refractivity contribution is 5.49. The molecule has 0 N–H and O–H groups in total. The molecule has 1 rings (SSSR count). The van der Waals surface area contributed by atoms with Crippen molar-refractivity contribution in [3.63, 3.8) is 0 Å². The molecule has 0 aromatic heterocycles. The van der Waals surface area contributed by atoms with Crippen molar-refractivity contribution < 1.29 is 19.0 Å². The van der Waals surface area contributed by atoms with Gasteiger partial charge < -0.3 is 19.0 Å². The van der Waals surface area contributed by atoms with Gasteiger partial charge in [-0.3, -0.25) is 0 Å². The van der Waals surface area contributed by atoms with Crippen LogP contribution in [-0.4, -0.2) is 33.1 Å². The van der Waals surface area contributed by atoms with E-state index in [0.717, 1.165) is 19.1 Å². The largest absolute Gasteiger partial charge is 0.356 e. The van der Waals surface area contributed by atoms with E-state index in [9.17, 15) is 4.79 Å². The second kappa shape index (κ2) is 5.32. The summed E-state index contributed by atoms with van der Waals surface area (Å²) in [5.41, 5.74) is 0. The van der Waals surface area contributed by atoms with Gasteiger partial charge in [-0.15, -0.1) is 0 Å². The zero-order valence-corrected chi connectivity index (χ0v) is 8.06. The minimum atomic E-state index is -0.218. The van der Waals surface area contributed by atoms with E-state index >= 15 is 0 Å². The minimum absolute atomic E-state index is 0.179. The summed E-state index contributed by atoms with van der Waals surface area (Å²) in [6.07, 6.45) is 2.70. The van der Waals surface area contributed by atoms with E-state index in [2.05, 4.69) is 0 Å². The van der Waals surface area contributed by atoms with Crippen molar-refractivity contribution in [2.75, 3.05) is 14.2 Å². The van der Waals surface area contributed by atoms with Crippen LogP contribution in [0.1, 0.15) is 19.3 Å². The third kappa shape index (κ3) is 2.76. The van der Waals surface area contributed by atoms with Gasteiger partial charge in [0.15, 0.2) is 12.6 Å². The van der Waals surface area contributed by atoms with Crippen LogP contribution in [0.3, 0.4) is 0 Å². The van der Waals surface area contributed by atoms with Crippen LogP contribution in [0.25, 0.3) is 0 Å². The number of hydrogen-bond donors (Lipinski definition) is 0. The molecule has 3 atom stereocenters. The monoisotopic (exact) mass is 188 g/mol. The average Bonchev–Trinajstić information content (AvgIpc) is 2.57. The van der Waals surface area contributed by atoms with E-state index in [4.69, 9.17) is 14.2 Å². The fourth-order valence-electron chi connectivity index (χ4n) is 1.61. The van der Waals surface area contributed by atoms with Crippen LogP contribution in [0.15, 0.2) is 0 Å². The molecule has 1 aliphatic rings. The molecule has 0 bridgehead atoms. The number of hydrogen-bond acceptors (Lipinski definition) is 4. The first kappa shape index (κ1) is 10.6. The summed E-state index contributed by atoms with van der Waals surface area (Å²) in [6, 6.07) is 0. The molecule has 0 aliphatic carbocycles. The van der Waals surface area contributed by atoms with Crippen LogP contribution in [0.5, 0.6) is 0 Å². The van der Waals surface area contributed by atoms with E-state index in [1.54, 1.807) is 14.2 Å². The Kier molecular flexibility index (Phi) is 4.35. The van der Waals surface area contributed by atoms with E-state index in [1.165, 1.54) is 0 Å². The van der Waals surface area contributed by atoms with Crippen LogP contribution in [0.2, 0.25) is 0 Å². The third-order valence-electron chi connectivity index (χ3n) is 2.32. The summed E-state index contributed by atoms with van der Waals surface area (Å²) in [7, 11) is 3.22. The zero-order valence-electron chi connectivity index (χ0n) is 8.06. The Morgan fingerprint density at radius 1 is 1.46 bits per heavy atom. The van der Waals surface area contributed by atoms with Gasteiger partial charge in [-0.1, -0.05) is 0 Å². The fourth-order valence-corrected chi connectivity index (χ4v) is 1.61. The van der Waals surface area contributed by atoms with Crippen molar-refractivity contribution in [3.05, 3.63) is 0 Å². The summed E-state index contributed by atoms with van der Waals surface area (Å²) in [4.78, 5) is 10.2. The van der Waals surface area contributed by atoms with E-state index in [0.29, 0.717) is 6.42 Å². The number of ether oxygens (including phenoxy) is 3. The highest BCUT2D eigenvalue weighted by Gasteiger charge is 2.34. The summed E-state index contributed by atoms with van der Waals surface area (Å²) in [5, 5.41) is 0. The molecule has 76 valence electrons. The Bertz CT molecular complexity index is 160. The highest BCUT2D eigenvalue weighted by atomic mass is 16.8. The summed E-state index contributed by atoms with van der Waals surface area (Å²) in [5.74, 6) is 0.278. The molecule has 1 aliphatic heterocycles. The molecule has 0 saturated carbocycles. The number of methoxy groups -OCH3 is 2. The van der Waals surface area contributed by atoms with Crippen LogP contribution >= 0.6 is 0 Å². The van der Waals surface area contributed by atoms with Gasteiger partial charge >= 0.3 is 0 Å². The first-order valence-electron chi connectivity index (χ1n) is 4.46. The quantitative estimate of drug-likeness (QED) is 0.602. The molecule has 1 saturated heterocycles. The molecule has 13 heavy (non-hydrogen) atoms. The van der Waals surface area contributed by atoms with Crippen molar-refractivity contribution in [1.29, 1.82) is 0 Å². The topological polar surface area (TPSA) is 44.8 Å². The number of rotatable bonds is 5. The second-order valence-electron chi connectivity index (χ2n) is 3.15. The first-order chi connectivity index (χ1) is 6.31. The lowest BCUT2D eigenvalue weighted by Gasteiger charge is -2.14. The molecule has 1 fully saturated rings.